The Hall–Kier alpha value is -0.610. The molecule has 0 atom stereocenters. The van der Waals surface area contributed by atoms with Crippen LogP contribution in [0.2, 0.25) is 0 Å². The van der Waals surface area contributed by atoms with Crippen LogP contribution in [-0.2, 0) is 13.0 Å². The van der Waals surface area contributed by atoms with Crippen molar-refractivity contribution in [3.8, 4) is 0 Å². The van der Waals surface area contributed by atoms with Gasteiger partial charge >= 0.3 is 0 Å². The zero-order chi connectivity index (χ0) is 14.5. The number of hydrogen-bond acceptors (Lipinski definition) is 4. The van der Waals surface area contributed by atoms with E-state index < -0.39 is 0 Å². The molecule has 0 amide bonds. The first-order valence-corrected chi connectivity index (χ1v) is 9.65. The summed E-state index contributed by atoms with van der Waals surface area (Å²) in [6.45, 7) is 5.70. The molecular formula is C17H29N3S. The fourth-order valence-corrected chi connectivity index (χ4v) is 4.15. The van der Waals surface area contributed by atoms with Crippen LogP contribution in [0.15, 0.2) is 0 Å². The summed E-state index contributed by atoms with van der Waals surface area (Å²) in [5.74, 6) is 0. The molecule has 21 heavy (non-hydrogen) atoms. The highest BCUT2D eigenvalue weighted by Crippen LogP contribution is 2.30. The smallest absolute Gasteiger partial charge is 0.185 e. The first-order chi connectivity index (χ1) is 10.4. The standard InChI is InChI=1S/C17H29N3S/c1-2-8-15-16(13-18-14-9-10-14)21-17(19-15)20-11-6-4-3-5-7-12-20/h14,18H,2-13H2,1H3. The molecule has 0 spiro atoms. The molecule has 1 aliphatic carbocycles. The molecule has 1 aromatic heterocycles. The molecule has 3 nitrogen and oxygen atoms in total. The second-order valence-electron chi connectivity index (χ2n) is 6.53. The second kappa shape index (κ2) is 7.59. The summed E-state index contributed by atoms with van der Waals surface area (Å²) in [6, 6.07) is 0.784. The molecule has 4 heteroatoms. The summed E-state index contributed by atoms with van der Waals surface area (Å²) < 4.78 is 0. The van der Waals surface area contributed by atoms with Crippen molar-refractivity contribution < 1.29 is 0 Å². The molecule has 0 radical (unpaired) electrons. The van der Waals surface area contributed by atoms with Gasteiger partial charge < -0.3 is 10.2 Å². The van der Waals surface area contributed by atoms with E-state index in [1.54, 1.807) is 0 Å². The van der Waals surface area contributed by atoms with Crippen LogP contribution < -0.4 is 10.2 Å². The van der Waals surface area contributed by atoms with Crippen LogP contribution >= 0.6 is 11.3 Å². The van der Waals surface area contributed by atoms with Gasteiger partial charge in [-0.3, -0.25) is 0 Å². The molecule has 1 saturated carbocycles. The monoisotopic (exact) mass is 307 g/mol. The summed E-state index contributed by atoms with van der Waals surface area (Å²) in [7, 11) is 0. The van der Waals surface area contributed by atoms with Gasteiger partial charge in [0.1, 0.15) is 0 Å². The van der Waals surface area contributed by atoms with E-state index in [1.165, 1.54) is 80.2 Å². The van der Waals surface area contributed by atoms with Crippen molar-refractivity contribution in [2.45, 2.75) is 77.3 Å². The van der Waals surface area contributed by atoms with Gasteiger partial charge in [0.05, 0.1) is 5.69 Å². The Kier molecular flexibility index (Phi) is 5.53. The third kappa shape index (κ3) is 4.43. The molecule has 0 bridgehead atoms. The van der Waals surface area contributed by atoms with E-state index in [4.69, 9.17) is 4.98 Å². The molecule has 0 aromatic carbocycles. The summed E-state index contributed by atoms with van der Waals surface area (Å²) in [6.07, 6.45) is 11.9. The molecular weight excluding hydrogens is 278 g/mol. The van der Waals surface area contributed by atoms with Crippen molar-refractivity contribution in [1.29, 1.82) is 0 Å². The van der Waals surface area contributed by atoms with E-state index in [9.17, 15) is 0 Å². The molecule has 2 aliphatic rings. The normalized spacial score (nSPS) is 20.3. The summed E-state index contributed by atoms with van der Waals surface area (Å²) in [5.41, 5.74) is 1.35. The molecule has 1 aromatic rings. The minimum atomic E-state index is 0.784. The molecule has 1 aliphatic heterocycles. The first kappa shape index (κ1) is 15.3. The van der Waals surface area contributed by atoms with Gasteiger partial charge in [0.15, 0.2) is 5.13 Å². The van der Waals surface area contributed by atoms with Crippen molar-refractivity contribution in [3.05, 3.63) is 10.6 Å². The van der Waals surface area contributed by atoms with Crippen molar-refractivity contribution >= 4 is 16.5 Å². The maximum absolute atomic E-state index is 5.00. The number of thiazole rings is 1. The molecule has 0 unspecified atom stereocenters. The zero-order valence-electron chi connectivity index (χ0n) is 13.4. The Labute approximate surface area is 133 Å². The van der Waals surface area contributed by atoms with Gasteiger partial charge in [-0.1, -0.05) is 32.6 Å². The number of hydrogen-bond donors (Lipinski definition) is 1. The average molecular weight is 308 g/mol. The Morgan fingerprint density at radius 3 is 2.52 bits per heavy atom. The summed E-state index contributed by atoms with van der Waals surface area (Å²) in [4.78, 5) is 9.03. The van der Waals surface area contributed by atoms with E-state index >= 15 is 0 Å². The molecule has 1 saturated heterocycles. The maximum Gasteiger partial charge on any atom is 0.185 e. The van der Waals surface area contributed by atoms with E-state index in [-0.39, 0.29) is 0 Å². The predicted octanol–water partition coefficient (Wildman–Crippen LogP) is 4.12. The molecule has 2 heterocycles. The first-order valence-electron chi connectivity index (χ1n) is 8.83. The Bertz CT molecular complexity index is 431. The van der Waals surface area contributed by atoms with Crippen LogP contribution in [-0.4, -0.2) is 24.1 Å². The summed E-state index contributed by atoms with van der Waals surface area (Å²) >= 11 is 1.94. The second-order valence-corrected chi connectivity index (χ2v) is 7.59. The average Bonchev–Trinajstić information content (AvgIpc) is 3.19. The molecule has 2 fully saturated rings. The highest BCUT2D eigenvalue weighted by molar-refractivity contribution is 7.15. The highest BCUT2D eigenvalue weighted by atomic mass is 32.1. The fourth-order valence-electron chi connectivity index (χ4n) is 3.04. The van der Waals surface area contributed by atoms with Crippen LogP contribution in [0.4, 0.5) is 5.13 Å². The van der Waals surface area contributed by atoms with E-state index in [1.807, 2.05) is 11.3 Å². The van der Waals surface area contributed by atoms with Crippen molar-refractivity contribution in [3.63, 3.8) is 0 Å². The van der Waals surface area contributed by atoms with E-state index in [0.717, 1.165) is 19.0 Å². The van der Waals surface area contributed by atoms with Gasteiger partial charge in [-0.05, 0) is 32.1 Å². The quantitative estimate of drug-likeness (QED) is 0.857. The number of nitrogens with one attached hydrogen (secondary N) is 1. The SMILES string of the molecule is CCCc1nc(N2CCCCCCC2)sc1CNC1CC1. The third-order valence-corrected chi connectivity index (χ3v) is 5.67. The minimum absolute atomic E-state index is 0.784. The van der Waals surface area contributed by atoms with Crippen molar-refractivity contribution in [2.75, 3.05) is 18.0 Å². The third-order valence-electron chi connectivity index (χ3n) is 4.51. The number of anilines is 1. The van der Waals surface area contributed by atoms with Gasteiger partial charge in [0, 0.05) is 30.6 Å². The van der Waals surface area contributed by atoms with Crippen LogP contribution in [0, 0.1) is 0 Å². The van der Waals surface area contributed by atoms with Crippen LogP contribution in [0.25, 0.3) is 0 Å². The number of aromatic nitrogens is 1. The van der Waals surface area contributed by atoms with Gasteiger partial charge in [-0.2, -0.15) is 0 Å². The van der Waals surface area contributed by atoms with Crippen LogP contribution in [0.5, 0.6) is 0 Å². The lowest BCUT2D eigenvalue weighted by molar-refractivity contribution is 0.555. The van der Waals surface area contributed by atoms with Crippen molar-refractivity contribution in [2.24, 2.45) is 0 Å². The van der Waals surface area contributed by atoms with Crippen molar-refractivity contribution in [1.82, 2.24) is 10.3 Å². The van der Waals surface area contributed by atoms with Gasteiger partial charge in [-0.15, -0.1) is 11.3 Å². The van der Waals surface area contributed by atoms with E-state index in [0.29, 0.717) is 0 Å². The predicted molar refractivity (Wildman–Crippen MR) is 91.3 cm³/mol. The Morgan fingerprint density at radius 2 is 1.86 bits per heavy atom. The maximum atomic E-state index is 5.00. The largest absolute Gasteiger partial charge is 0.348 e. The number of rotatable bonds is 6. The van der Waals surface area contributed by atoms with E-state index in [2.05, 4.69) is 17.1 Å². The molecule has 3 rings (SSSR count). The minimum Gasteiger partial charge on any atom is -0.348 e. The lowest BCUT2D eigenvalue weighted by Crippen LogP contribution is -2.26. The van der Waals surface area contributed by atoms with Gasteiger partial charge in [0.2, 0.25) is 0 Å². The lowest BCUT2D eigenvalue weighted by Gasteiger charge is -2.23. The topological polar surface area (TPSA) is 28.2 Å². The van der Waals surface area contributed by atoms with Crippen LogP contribution in [0.3, 0.4) is 0 Å². The zero-order valence-corrected chi connectivity index (χ0v) is 14.2. The lowest BCUT2D eigenvalue weighted by atomic mass is 10.1. The molecule has 1 N–H and O–H groups in total. The number of nitrogens with zero attached hydrogens (tertiary/aromatic N) is 2. The van der Waals surface area contributed by atoms with Gasteiger partial charge in [-0.25, -0.2) is 4.98 Å². The highest BCUT2D eigenvalue weighted by Gasteiger charge is 2.22. The molecule has 118 valence electrons. The Balaban J connectivity index is 1.68. The Morgan fingerprint density at radius 1 is 1.14 bits per heavy atom. The summed E-state index contributed by atoms with van der Waals surface area (Å²) in [5, 5.41) is 4.95. The fraction of sp³-hybridized carbons (Fsp3) is 0.824. The van der Waals surface area contributed by atoms with Crippen LogP contribution in [0.1, 0.15) is 68.9 Å². The number of aryl methyl sites for hydroxylation is 1. The van der Waals surface area contributed by atoms with Gasteiger partial charge in [0.25, 0.3) is 0 Å².